The summed E-state index contributed by atoms with van der Waals surface area (Å²) in [4.78, 5) is 4.14. The minimum atomic E-state index is 0.271. The minimum absolute atomic E-state index is 0.271. The van der Waals surface area contributed by atoms with Crippen LogP contribution in [0, 0.1) is 0 Å². The maximum absolute atomic E-state index is 6.11. The molecule has 6 nitrogen and oxygen atoms in total. The molecule has 0 bridgehead atoms. The average Bonchev–Trinajstić information content (AvgIpc) is 2.99. The van der Waals surface area contributed by atoms with E-state index in [4.69, 9.17) is 22.1 Å². The monoisotopic (exact) mass is 315 g/mol. The van der Waals surface area contributed by atoms with Crippen molar-refractivity contribution in [3.63, 3.8) is 0 Å². The number of aromatic nitrogens is 4. The van der Waals surface area contributed by atoms with Crippen LogP contribution in [0.15, 0.2) is 42.7 Å². The van der Waals surface area contributed by atoms with Crippen LogP contribution in [-0.4, -0.2) is 27.1 Å². The summed E-state index contributed by atoms with van der Waals surface area (Å²) in [5, 5.41) is 8.94. The Balaban J connectivity index is 2.25. The molecule has 0 fully saturated rings. The zero-order valence-electron chi connectivity index (χ0n) is 11.9. The fraction of sp³-hybridized carbons (Fsp3) is 0.133. The third-order valence-electron chi connectivity index (χ3n) is 3.24. The van der Waals surface area contributed by atoms with Gasteiger partial charge in [-0.05, 0) is 30.3 Å². The molecular weight excluding hydrogens is 302 g/mol. The molecule has 0 aliphatic heterocycles. The first-order chi connectivity index (χ1) is 10.7. The highest BCUT2D eigenvalue weighted by Crippen LogP contribution is 2.31. The number of benzene rings is 1. The Bertz CT molecular complexity index is 788. The predicted molar refractivity (Wildman–Crippen MR) is 84.0 cm³/mol. The largest absolute Gasteiger partial charge is 0.494 e. The molecule has 112 valence electrons. The van der Waals surface area contributed by atoms with Crippen molar-refractivity contribution in [1.29, 1.82) is 0 Å². The molecule has 0 aliphatic carbocycles. The molecule has 2 N–H and O–H groups in total. The van der Waals surface area contributed by atoms with E-state index in [1.165, 1.54) is 0 Å². The van der Waals surface area contributed by atoms with E-state index in [9.17, 15) is 0 Å². The number of halogens is 1. The second-order valence-corrected chi connectivity index (χ2v) is 4.99. The normalized spacial score (nSPS) is 10.7. The third-order valence-corrected chi connectivity index (χ3v) is 3.47. The van der Waals surface area contributed by atoms with Gasteiger partial charge in [-0.3, -0.25) is 4.98 Å². The molecule has 0 saturated carbocycles. The number of rotatable bonds is 4. The van der Waals surface area contributed by atoms with Crippen LogP contribution in [0.1, 0.15) is 5.69 Å². The van der Waals surface area contributed by atoms with Crippen LogP contribution in [0.4, 0.5) is 0 Å². The van der Waals surface area contributed by atoms with Crippen LogP contribution >= 0.6 is 11.6 Å². The van der Waals surface area contributed by atoms with Gasteiger partial charge in [0, 0.05) is 29.5 Å². The highest BCUT2D eigenvalue weighted by atomic mass is 35.5. The lowest BCUT2D eigenvalue weighted by atomic mass is 10.1. The molecule has 0 saturated heterocycles. The molecule has 1 aromatic carbocycles. The number of hydrogen-bond donors (Lipinski definition) is 1. The van der Waals surface area contributed by atoms with Crippen molar-refractivity contribution in [2.24, 2.45) is 5.73 Å². The maximum Gasteiger partial charge on any atom is 0.144 e. The second-order valence-electron chi connectivity index (χ2n) is 4.56. The van der Waals surface area contributed by atoms with Crippen LogP contribution in [0.25, 0.3) is 16.9 Å². The first kappa shape index (κ1) is 14.5. The Morgan fingerprint density at radius 2 is 2.18 bits per heavy atom. The van der Waals surface area contributed by atoms with Gasteiger partial charge in [-0.25, -0.2) is 4.68 Å². The van der Waals surface area contributed by atoms with E-state index in [2.05, 4.69) is 15.3 Å². The van der Waals surface area contributed by atoms with Gasteiger partial charge in [0.15, 0.2) is 0 Å². The zero-order valence-corrected chi connectivity index (χ0v) is 12.7. The summed E-state index contributed by atoms with van der Waals surface area (Å²) < 4.78 is 7.06. The van der Waals surface area contributed by atoms with Crippen LogP contribution in [-0.2, 0) is 6.54 Å². The van der Waals surface area contributed by atoms with Gasteiger partial charge in [-0.1, -0.05) is 16.8 Å². The molecule has 0 atom stereocenters. The van der Waals surface area contributed by atoms with E-state index < -0.39 is 0 Å². The molecule has 3 aromatic rings. The van der Waals surface area contributed by atoms with Crippen molar-refractivity contribution in [1.82, 2.24) is 20.0 Å². The lowest BCUT2D eigenvalue weighted by Crippen LogP contribution is -2.04. The van der Waals surface area contributed by atoms with Crippen LogP contribution < -0.4 is 10.5 Å². The van der Waals surface area contributed by atoms with Gasteiger partial charge in [0.05, 0.1) is 7.11 Å². The smallest absolute Gasteiger partial charge is 0.144 e. The minimum Gasteiger partial charge on any atom is -0.494 e. The van der Waals surface area contributed by atoms with E-state index in [1.54, 1.807) is 42.4 Å². The molecule has 22 heavy (non-hydrogen) atoms. The van der Waals surface area contributed by atoms with Crippen LogP contribution in [0.3, 0.4) is 0 Å². The molecule has 0 unspecified atom stereocenters. The molecule has 2 aromatic heterocycles. The van der Waals surface area contributed by atoms with Crippen molar-refractivity contribution in [2.45, 2.75) is 6.54 Å². The number of nitrogens with two attached hydrogens (primary N) is 1. The lowest BCUT2D eigenvalue weighted by molar-refractivity contribution is 0.411. The van der Waals surface area contributed by atoms with Gasteiger partial charge in [-0.15, -0.1) is 5.10 Å². The Labute approximate surface area is 132 Å². The average molecular weight is 316 g/mol. The molecular formula is C15H14ClN5O. The first-order valence-corrected chi connectivity index (χ1v) is 7.01. The molecule has 0 amide bonds. The molecule has 3 rings (SSSR count). The van der Waals surface area contributed by atoms with Crippen molar-refractivity contribution in [3.8, 4) is 22.7 Å². The summed E-state index contributed by atoms with van der Waals surface area (Å²) in [6.45, 7) is 0.271. The van der Waals surface area contributed by atoms with Gasteiger partial charge >= 0.3 is 0 Å². The molecule has 0 spiro atoms. The van der Waals surface area contributed by atoms with Gasteiger partial charge in [0.1, 0.15) is 22.8 Å². The van der Waals surface area contributed by atoms with E-state index in [-0.39, 0.29) is 6.54 Å². The number of ether oxygens (including phenoxy) is 1. The standard InChI is InChI=1S/C15H14ClN5O/c1-22-14-5-4-11(16)7-13(14)21-15(12(8-17)19-20-21)10-3-2-6-18-9-10/h2-7,9H,8,17H2,1H3. The number of nitrogens with zero attached hydrogens (tertiary/aromatic N) is 4. The Morgan fingerprint density at radius 1 is 1.32 bits per heavy atom. The summed E-state index contributed by atoms with van der Waals surface area (Å²) in [5.41, 5.74) is 8.80. The summed E-state index contributed by atoms with van der Waals surface area (Å²) >= 11 is 6.11. The summed E-state index contributed by atoms with van der Waals surface area (Å²) in [7, 11) is 1.59. The number of pyridine rings is 1. The highest BCUT2D eigenvalue weighted by molar-refractivity contribution is 6.30. The van der Waals surface area contributed by atoms with Gasteiger partial charge < -0.3 is 10.5 Å². The van der Waals surface area contributed by atoms with Gasteiger partial charge in [0.2, 0.25) is 0 Å². The SMILES string of the molecule is COc1ccc(Cl)cc1-n1nnc(CN)c1-c1cccnc1. The van der Waals surface area contributed by atoms with Crippen molar-refractivity contribution < 1.29 is 4.74 Å². The maximum atomic E-state index is 6.11. The number of methoxy groups -OCH3 is 1. The van der Waals surface area contributed by atoms with Gasteiger partial charge in [0.25, 0.3) is 0 Å². The Kier molecular flexibility index (Phi) is 4.04. The van der Waals surface area contributed by atoms with E-state index in [1.807, 2.05) is 12.1 Å². The van der Waals surface area contributed by atoms with E-state index in [0.717, 1.165) is 11.3 Å². The fourth-order valence-electron chi connectivity index (χ4n) is 2.24. The zero-order chi connectivity index (χ0) is 15.5. The van der Waals surface area contributed by atoms with Gasteiger partial charge in [-0.2, -0.15) is 0 Å². The fourth-order valence-corrected chi connectivity index (χ4v) is 2.41. The summed E-state index contributed by atoms with van der Waals surface area (Å²) in [6.07, 6.45) is 3.45. The highest BCUT2D eigenvalue weighted by Gasteiger charge is 2.18. The Hall–Kier alpha value is -2.44. The van der Waals surface area contributed by atoms with E-state index >= 15 is 0 Å². The first-order valence-electron chi connectivity index (χ1n) is 6.63. The quantitative estimate of drug-likeness (QED) is 0.800. The predicted octanol–water partition coefficient (Wildman–Crippen LogP) is 2.45. The van der Waals surface area contributed by atoms with E-state index in [0.29, 0.717) is 22.2 Å². The third kappa shape index (κ3) is 2.54. The molecule has 2 heterocycles. The van der Waals surface area contributed by atoms with Crippen LogP contribution in [0.2, 0.25) is 5.02 Å². The number of hydrogen-bond acceptors (Lipinski definition) is 5. The molecule has 7 heteroatoms. The van der Waals surface area contributed by atoms with Crippen LogP contribution in [0.5, 0.6) is 5.75 Å². The summed E-state index contributed by atoms with van der Waals surface area (Å²) in [5.74, 6) is 0.642. The lowest BCUT2D eigenvalue weighted by Gasteiger charge is -2.12. The Morgan fingerprint density at radius 3 is 2.86 bits per heavy atom. The van der Waals surface area contributed by atoms with Crippen molar-refractivity contribution >= 4 is 11.6 Å². The van der Waals surface area contributed by atoms with Crippen molar-refractivity contribution in [2.75, 3.05) is 7.11 Å². The van der Waals surface area contributed by atoms with Crippen molar-refractivity contribution in [3.05, 3.63) is 53.4 Å². The topological polar surface area (TPSA) is 78.8 Å². The molecule has 0 aliphatic rings. The second kappa shape index (κ2) is 6.13. The molecule has 0 radical (unpaired) electrons. The summed E-state index contributed by atoms with van der Waals surface area (Å²) in [6, 6.07) is 9.10.